The van der Waals surface area contributed by atoms with Crippen molar-refractivity contribution in [1.29, 1.82) is 0 Å². The number of benzene rings is 1. The smallest absolute Gasteiger partial charge is 0.271 e. The molecule has 0 bridgehead atoms. The van der Waals surface area contributed by atoms with Crippen LogP contribution in [0.4, 0.5) is 5.13 Å². The SMILES string of the molecule is CCN(CC)c1ncc(/C=N\NC(=O)c2ccccc2C)s1. The number of aryl methyl sites for hydroxylation is 1. The molecule has 0 aliphatic rings. The first-order chi connectivity index (χ1) is 10.7. The molecule has 1 amide bonds. The molecule has 1 aromatic heterocycles. The largest absolute Gasteiger partial charge is 0.349 e. The molecule has 1 aromatic carbocycles. The number of hydrogen-bond acceptors (Lipinski definition) is 5. The van der Waals surface area contributed by atoms with Crippen LogP contribution >= 0.6 is 11.3 Å². The molecule has 6 heteroatoms. The van der Waals surface area contributed by atoms with E-state index in [9.17, 15) is 4.79 Å². The van der Waals surface area contributed by atoms with Crippen LogP contribution in [0.1, 0.15) is 34.6 Å². The number of carbonyl (C=O) groups is 1. The first-order valence-electron chi connectivity index (χ1n) is 7.25. The zero-order valence-electron chi connectivity index (χ0n) is 13.0. The van der Waals surface area contributed by atoms with E-state index in [0.717, 1.165) is 28.7 Å². The van der Waals surface area contributed by atoms with Crippen molar-refractivity contribution in [2.24, 2.45) is 5.10 Å². The number of thiazole rings is 1. The minimum atomic E-state index is -0.206. The zero-order chi connectivity index (χ0) is 15.9. The molecule has 0 aliphatic heterocycles. The van der Waals surface area contributed by atoms with Crippen LogP contribution in [0, 0.1) is 6.92 Å². The van der Waals surface area contributed by atoms with E-state index in [2.05, 4.69) is 34.3 Å². The summed E-state index contributed by atoms with van der Waals surface area (Å²) >= 11 is 1.55. The van der Waals surface area contributed by atoms with Crippen LogP contribution in [-0.4, -0.2) is 30.2 Å². The highest BCUT2D eigenvalue weighted by molar-refractivity contribution is 7.17. The summed E-state index contributed by atoms with van der Waals surface area (Å²) in [6, 6.07) is 7.43. The van der Waals surface area contributed by atoms with Crippen LogP contribution in [-0.2, 0) is 0 Å². The molecule has 116 valence electrons. The second kappa shape index (κ2) is 7.70. The summed E-state index contributed by atoms with van der Waals surface area (Å²) < 4.78 is 0. The van der Waals surface area contributed by atoms with E-state index in [4.69, 9.17) is 0 Å². The summed E-state index contributed by atoms with van der Waals surface area (Å²) in [5.74, 6) is -0.206. The van der Waals surface area contributed by atoms with Gasteiger partial charge in [-0.15, -0.1) is 0 Å². The molecule has 0 aliphatic carbocycles. The van der Waals surface area contributed by atoms with Crippen LogP contribution in [0.3, 0.4) is 0 Å². The summed E-state index contributed by atoms with van der Waals surface area (Å²) in [6.45, 7) is 7.94. The maximum atomic E-state index is 12.0. The Bertz CT molecular complexity index is 662. The second-order valence-corrected chi connectivity index (χ2v) is 5.77. The third kappa shape index (κ3) is 3.92. The fourth-order valence-corrected chi connectivity index (χ4v) is 2.93. The van der Waals surface area contributed by atoms with Crippen molar-refractivity contribution in [3.63, 3.8) is 0 Å². The predicted molar refractivity (Wildman–Crippen MR) is 91.9 cm³/mol. The maximum Gasteiger partial charge on any atom is 0.271 e. The lowest BCUT2D eigenvalue weighted by Gasteiger charge is -2.16. The van der Waals surface area contributed by atoms with Crippen molar-refractivity contribution in [3.05, 3.63) is 46.5 Å². The highest BCUT2D eigenvalue weighted by atomic mass is 32.1. The van der Waals surface area contributed by atoms with Crippen molar-refractivity contribution in [2.75, 3.05) is 18.0 Å². The van der Waals surface area contributed by atoms with Crippen molar-refractivity contribution >= 4 is 28.6 Å². The van der Waals surface area contributed by atoms with Gasteiger partial charge < -0.3 is 4.90 Å². The highest BCUT2D eigenvalue weighted by Gasteiger charge is 2.08. The molecule has 2 rings (SSSR count). The molecular formula is C16H20N4OS. The standard InChI is InChI=1S/C16H20N4OS/c1-4-20(5-2)16-17-10-13(22-16)11-18-19-15(21)14-9-7-6-8-12(14)3/h6-11H,4-5H2,1-3H3,(H,19,21)/b18-11-. The number of carbonyl (C=O) groups excluding carboxylic acids is 1. The Morgan fingerprint density at radius 2 is 2.09 bits per heavy atom. The number of hydrogen-bond donors (Lipinski definition) is 1. The van der Waals surface area contributed by atoms with E-state index >= 15 is 0 Å². The summed E-state index contributed by atoms with van der Waals surface area (Å²) in [7, 11) is 0. The molecule has 0 unspecified atom stereocenters. The van der Waals surface area contributed by atoms with Gasteiger partial charge >= 0.3 is 0 Å². The van der Waals surface area contributed by atoms with Crippen molar-refractivity contribution in [1.82, 2.24) is 10.4 Å². The lowest BCUT2D eigenvalue weighted by atomic mass is 10.1. The minimum absolute atomic E-state index is 0.206. The van der Waals surface area contributed by atoms with Gasteiger partial charge in [0.25, 0.3) is 5.91 Å². The van der Waals surface area contributed by atoms with Gasteiger partial charge in [-0.25, -0.2) is 10.4 Å². The molecular weight excluding hydrogens is 296 g/mol. The molecule has 0 saturated heterocycles. The van der Waals surface area contributed by atoms with Gasteiger partial charge in [0.05, 0.1) is 11.1 Å². The summed E-state index contributed by atoms with van der Waals surface area (Å²) in [5.41, 5.74) is 4.11. The molecule has 0 spiro atoms. The summed E-state index contributed by atoms with van der Waals surface area (Å²) in [6.07, 6.45) is 3.39. The van der Waals surface area contributed by atoms with Gasteiger partial charge in [0, 0.05) is 24.8 Å². The Kier molecular flexibility index (Phi) is 5.66. The Balaban J connectivity index is 1.98. The van der Waals surface area contributed by atoms with Crippen LogP contribution in [0.2, 0.25) is 0 Å². The third-order valence-corrected chi connectivity index (χ3v) is 4.29. The van der Waals surface area contributed by atoms with Crippen LogP contribution in [0.15, 0.2) is 35.6 Å². The highest BCUT2D eigenvalue weighted by Crippen LogP contribution is 2.20. The molecule has 2 aromatic rings. The molecule has 22 heavy (non-hydrogen) atoms. The minimum Gasteiger partial charge on any atom is -0.349 e. The van der Waals surface area contributed by atoms with Crippen molar-refractivity contribution in [3.8, 4) is 0 Å². The average Bonchev–Trinajstić information content (AvgIpc) is 2.97. The number of anilines is 1. The number of nitrogens with one attached hydrogen (secondary N) is 1. The van der Waals surface area contributed by atoms with Gasteiger partial charge in [0.1, 0.15) is 0 Å². The maximum absolute atomic E-state index is 12.0. The summed E-state index contributed by atoms with van der Waals surface area (Å²) in [4.78, 5) is 19.5. The quantitative estimate of drug-likeness (QED) is 0.658. The van der Waals surface area contributed by atoms with Gasteiger partial charge in [-0.1, -0.05) is 29.5 Å². The lowest BCUT2D eigenvalue weighted by Crippen LogP contribution is -2.21. The van der Waals surface area contributed by atoms with E-state index in [1.165, 1.54) is 0 Å². The number of hydrazone groups is 1. The monoisotopic (exact) mass is 316 g/mol. The van der Waals surface area contributed by atoms with Crippen molar-refractivity contribution < 1.29 is 4.79 Å². The second-order valence-electron chi connectivity index (χ2n) is 4.73. The van der Waals surface area contributed by atoms with Crippen molar-refractivity contribution in [2.45, 2.75) is 20.8 Å². The molecule has 0 saturated carbocycles. The Hall–Kier alpha value is -2.21. The Morgan fingerprint density at radius 3 is 2.77 bits per heavy atom. The number of aromatic nitrogens is 1. The number of amides is 1. The van der Waals surface area contributed by atoms with Gasteiger partial charge in [0.15, 0.2) is 5.13 Å². The first-order valence-corrected chi connectivity index (χ1v) is 8.07. The Morgan fingerprint density at radius 1 is 1.36 bits per heavy atom. The van der Waals surface area contributed by atoms with E-state index in [1.54, 1.807) is 29.8 Å². The fraction of sp³-hybridized carbons (Fsp3) is 0.312. The van der Waals surface area contributed by atoms with Gasteiger partial charge in [-0.3, -0.25) is 4.79 Å². The Labute approximate surface area is 134 Å². The van der Waals surface area contributed by atoms with Gasteiger partial charge in [-0.05, 0) is 32.4 Å². The normalized spacial score (nSPS) is 10.9. The molecule has 1 N–H and O–H groups in total. The molecule has 0 atom stereocenters. The van der Waals surface area contributed by atoms with E-state index < -0.39 is 0 Å². The zero-order valence-corrected chi connectivity index (χ0v) is 13.9. The first kappa shape index (κ1) is 16.2. The van der Waals surface area contributed by atoms with Gasteiger partial charge in [-0.2, -0.15) is 5.10 Å². The van der Waals surface area contributed by atoms with Crippen LogP contribution in [0.5, 0.6) is 0 Å². The lowest BCUT2D eigenvalue weighted by molar-refractivity contribution is 0.0954. The molecule has 0 fully saturated rings. The third-order valence-electron chi connectivity index (χ3n) is 3.29. The molecule has 5 nitrogen and oxygen atoms in total. The average molecular weight is 316 g/mol. The van der Waals surface area contributed by atoms with Crippen LogP contribution in [0.25, 0.3) is 0 Å². The summed E-state index contributed by atoms with van der Waals surface area (Å²) in [5, 5.41) is 4.98. The van der Waals surface area contributed by atoms with Gasteiger partial charge in [0.2, 0.25) is 0 Å². The number of rotatable bonds is 6. The topological polar surface area (TPSA) is 57.6 Å². The number of nitrogens with zero attached hydrogens (tertiary/aromatic N) is 3. The van der Waals surface area contributed by atoms with E-state index in [-0.39, 0.29) is 5.91 Å². The fourth-order valence-electron chi connectivity index (χ4n) is 2.02. The molecule has 1 heterocycles. The van der Waals surface area contributed by atoms with E-state index in [0.29, 0.717) is 5.56 Å². The van der Waals surface area contributed by atoms with E-state index in [1.807, 2.05) is 25.1 Å². The predicted octanol–water partition coefficient (Wildman–Crippen LogP) is 3.06. The molecule has 0 radical (unpaired) electrons. The van der Waals surface area contributed by atoms with Crippen LogP contribution < -0.4 is 10.3 Å².